The fraction of sp³-hybridized carbons (Fsp3) is 0.857. The van der Waals surface area contributed by atoms with Gasteiger partial charge < -0.3 is 15.7 Å². The molecule has 0 bridgehead atoms. The van der Waals surface area contributed by atoms with Gasteiger partial charge in [-0.15, -0.1) is 0 Å². The number of hydrogen-bond acceptors (Lipinski definition) is 2. The number of rotatable bonds is 2. The van der Waals surface area contributed by atoms with Crippen LogP contribution in [-0.2, 0) is 0 Å². The summed E-state index contributed by atoms with van der Waals surface area (Å²) in [5, 5.41) is 13.3. The van der Waals surface area contributed by atoms with Crippen molar-refractivity contribution in [3.63, 3.8) is 0 Å². The Morgan fingerprint density at radius 1 is 1.58 bits per heavy atom. The summed E-state index contributed by atoms with van der Waals surface area (Å²) in [7, 11) is 0. The van der Waals surface area contributed by atoms with E-state index in [1.54, 1.807) is 0 Å². The number of amides is 1. The molecule has 70 valence electrons. The van der Waals surface area contributed by atoms with Crippen molar-refractivity contribution >= 4 is 6.09 Å². The van der Waals surface area contributed by atoms with Gasteiger partial charge in [-0.3, -0.25) is 0 Å². The molecule has 0 atom stereocenters. The number of halogens is 1. The minimum absolute atomic E-state index is 0.0932. The van der Waals surface area contributed by atoms with E-state index in [1.165, 1.54) is 0 Å². The van der Waals surface area contributed by atoms with E-state index in [9.17, 15) is 9.18 Å². The van der Waals surface area contributed by atoms with Crippen LogP contribution in [0, 0.1) is 0 Å². The van der Waals surface area contributed by atoms with Gasteiger partial charge >= 0.3 is 6.09 Å². The largest absolute Gasteiger partial charge is 0.465 e. The lowest BCUT2D eigenvalue weighted by Crippen LogP contribution is -2.46. The summed E-state index contributed by atoms with van der Waals surface area (Å²) >= 11 is 0. The first-order valence-electron chi connectivity index (χ1n) is 3.99. The Balaban J connectivity index is 2.31. The van der Waals surface area contributed by atoms with E-state index in [-0.39, 0.29) is 6.54 Å². The first-order valence-corrected chi connectivity index (χ1v) is 3.99. The Morgan fingerprint density at radius 3 is 2.67 bits per heavy atom. The number of piperidine rings is 1. The summed E-state index contributed by atoms with van der Waals surface area (Å²) in [5.41, 5.74) is -1.34. The molecule has 1 amide bonds. The maximum atomic E-state index is 13.6. The summed E-state index contributed by atoms with van der Waals surface area (Å²) in [4.78, 5) is 10.1. The highest BCUT2D eigenvalue weighted by atomic mass is 19.1. The maximum absolute atomic E-state index is 13.6. The molecule has 1 aliphatic rings. The van der Waals surface area contributed by atoms with Crippen LogP contribution >= 0.6 is 0 Å². The van der Waals surface area contributed by atoms with Crippen molar-refractivity contribution in [2.45, 2.75) is 18.5 Å². The second-order valence-corrected chi connectivity index (χ2v) is 3.06. The zero-order valence-corrected chi connectivity index (χ0v) is 6.77. The first kappa shape index (κ1) is 9.25. The van der Waals surface area contributed by atoms with Crippen molar-refractivity contribution in [3.8, 4) is 0 Å². The van der Waals surface area contributed by atoms with Crippen molar-refractivity contribution in [3.05, 3.63) is 0 Å². The van der Waals surface area contributed by atoms with Crippen LogP contribution in [-0.4, -0.2) is 36.5 Å². The average Bonchev–Trinajstić information content (AvgIpc) is 2.03. The highest BCUT2D eigenvalue weighted by molar-refractivity contribution is 5.64. The number of nitrogens with one attached hydrogen (secondary N) is 2. The normalized spacial score (nSPS) is 21.8. The molecule has 0 aromatic carbocycles. The van der Waals surface area contributed by atoms with E-state index in [4.69, 9.17) is 5.11 Å². The summed E-state index contributed by atoms with van der Waals surface area (Å²) in [5.74, 6) is 0. The first-order chi connectivity index (χ1) is 5.62. The molecular formula is C7H13FN2O2. The molecule has 4 nitrogen and oxygen atoms in total. The SMILES string of the molecule is O=C(O)NCC1(F)CCNCC1. The Bertz CT molecular complexity index is 169. The molecule has 1 fully saturated rings. The lowest BCUT2D eigenvalue weighted by molar-refractivity contribution is 0.110. The van der Waals surface area contributed by atoms with Gasteiger partial charge in [-0.05, 0) is 25.9 Å². The third kappa shape index (κ3) is 2.65. The monoisotopic (exact) mass is 176 g/mol. The highest BCUT2D eigenvalue weighted by Crippen LogP contribution is 2.21. The zero-order valence-electron chi connectivity index (χ0n) is 6.77. The molecule has 1 saturated heterocycles. The van der Waals surface area contributed by atoms with E-state index < -0.39 is 11.8 Å². The van der Waals surface area contributed by atoms with E-state index >= 15 is 0 Å². The lowest BCUT2D eigenvalue weighted by atomic mass is 9.94. The Labute approximate surface area is 70.1 Å². The molecule has 0 aliphatic carbocycles. The summed E-state index contributed by atoms with van der Waals surface area (Å²) < 4.78 is 13.6. The van der Waals surface area contributed by atoms with Gasteiger partial charge in [0.2, 0.25) is 0 Å². The van der Waals surface area contributed by atoms with E-state index in [1.807, 2.05) is 0 Å². The Hall–Kier alpha value is -0.840. The van der Waals surface area contributed by atoms with Crippen molar-refractivity contribution in [1.29, 1.82) is 0 Å². The summed E-state index contributed by atoms with van der Waals surface area (Å²) in [6.45, 7) is 1.15. The molecule has 0 spiro atoms. The van der Waals surface area contributed by atoms with Crippen LogP contribution in [0.4, 0.5) is 9.18 Å². The predicted octanol–water partition coefficient (Wildman–Crippen LogP) is 0.346. The second kappa shape index (κ2) is 3.71. The molecule has 0 aromatic rings. The number of alkyl halides is 1. The van der Waals surface area contributed by atoms with Gasteiger partial charge in [-0.25, -0.2) is 9.18 Å². The third-order valence-corrected chi connectivity index (χ3v) is 2.06. The molecule has 0 aromatic heterocycles. The third-order valence-electron chi connectivity index (χ3n) is 2.06. The van der Waals surface area contributed by atoms with Gasteiger partial charge in [0.05, 0.1) is 6.54 Å². The van der Waals surface area contributed by atoms with Crippen LogP contribution in [0.2, 0.25) is 0 Å². The van der Waals surface area contributed by atoms with Crippen molar-refractivity contribution < 1.29 is 14.3 Å². The lowest BCUT2D eigenvalue weighted by Gasteiger charge is -2.29. The summed E-state index contributed by atoms with van der Waals surface area (Å²) in [6, 6.07) is 0. The summed E-state index contributed by atoms with van der Waals surface area (Å²) in [6.07, 6.45) is -0.397. The molecule has 1 aliphatic heterocycles. The molecule has 5 heteroatoms. The van der Waals surface area contributed by atoms with Crippen molar-refractivity contribution in [1.82, 2.24) is 10.6 Å². The van der Waals surface area contributed by atoms with E-state index in [0.29, 0.717) is 25.9 Å². The van der Waals surface area contributed by atoms with Crippen LogP contribution < -0.4 is 10.6 Å². The van der Waals surface area contributed by atoms with Crippen LogP contribution in [0.15, 0.2) is 0 Å². The van der Waals surface area contributed by atoms with Crippen molar-refractivity contribution in [2.24, 2.45) is 0 Å². The Morgan fingerprint density at radius 2 is 2.17 bits per heavy atom. The highest BCUT2D eigenvalue weighted by Gasteiger charge is 2.31. The van der Waals surface area contributed by atoms with Gasteiger partial charge in [0.25, 0.3) is 0 Å². The molecule has 1 heterocycles. The molecule has 0 unspecified atom stereocenters. The van der Waals surface area contributed by atoms with Gasteiger partial charge in [0.15, 0.2) is 0 Å². The standard InChI is InChI=1S/C7H13FN2O2/c8-7(5-10-6(11)12)1-3-9-4-2-7/h9-10H,1-5H2,(H,11,12). The fourth-order valence-corrected chi connectivity index (χ4v) is 1.29. The van der Waals surface area contributed by atoms with E-state index in [2.05, 4.69) is 10.6 Å². The molecule has 0 radical (unpaired) electrons. The quantitative estimate of drug-likeness (QED) is 0.568. The number of carboxylic acid groups (broad SMARTS) is 1. The number of hydrogen-bond donors (Lipinski definition) is 3. The number of carbonyl (C=O) groups is 1. The molecule has 12 heavy (non-hydrogen) atoms. The smallest absolute Gasteiger partial charge is 0.404 e. The molecular weight excluding hydrogens is 163 g/mol. The zero-order chi connectivity index (χ0) is 9.03. The van der Waals surface area contributed by atoms with Crippen LogP contribution in [0.5, 0.6) is 0 Å². The van der Waals surface area contributed by atoms with Gasteiger partial charge in [0, 0.05) is 0 Å². The minimum Gasteiger partial charge on any atom is -0.465 e. The topological polar surface area (TPSA) is 61.4 Å². The molecule has 3 N–H and O–H groups in total. The predicted molar refractivity (Wildman–Crippen MR) is 42.0 cm³/mol. The van der Waals surface area contributed by atoms with Crippen LogP contribution in [0.1, 0.15) is 12.8 Å². The second-order valence-electron chi connectivity index (χ2n) is 3.06. The van der Waals surface area contributed by atoms with Gasteiger partial charge in [-0.1, -0.05) is 0 Å². The van der Waals surface area contributed by atoms with Crippen LogP contribution in [0.3, 0.4) is 0 Å². The molecule has 0 saturated carbocycles. The van der Waals surface area contributed by atoms with Crippen molar-refractivity contribution in [2.75, 3.05) is 19.6 Å². The van der Waals surface area contributed by atoms with Gasteiger partial charge in [-0.2, -0.15) is 0 Å². The molecule has 1 rings (SSSR count). The fourth-order valence-electron chi connectivity index (χ4n) is 1.29. The Kier molecular flexibility index (Phi) is 2.86. The van der Waals surface area contributed by atoms with Crippen LogP contribution in [0.25, 0.3) is 0 Å². The average molecular weight is 176 g/mol. The van der Waals surface area contributed by atoms with Gasteiger partial charge in [0.1, 0.15) is 5.67 Å². The van der Waals surface area contributed by atoms with E-state index in [0.717, 1.165) is 0 Å². The maximum Gasteiger partial charge on any atom is 0.404 e. The minimum atomic E-state index is -1.34.